The lowest BCUT2D eigenvalue weighted by Crippen LogP contribution is -2.27. The highest BCUT2D eigenvalue weighted by Gasteiger charge is 2.32. The maximum atomic E-state index is 10.5. The Labute approximate surface area is 137 Å². The molecular formula is C19H37NO2. The number of carbonyl (C=O) groups is 1. The van der Waals surface area contributed by atoms with E-state index in [1.807, 2.05) is 0 Å². The Balaban J connectivity index is 2.11. The third-order valence-electron chi connectivity index (χ3n) is 5.38. The summed E-state index contributed by atoms with van der Waals surface area (Å²) in [7, 11) is 0. The molecule has 0 aromatic rings. The van der Waals surface area contributed by atoms with Crippen molar-refractivity contribution in [3.05, 3.63) is 0 Å². The fraction of sp³-hybridized carbons (Fsp3) is 0.947. The second-order valence-corrected chi connectivity index (χ2v) is 7.21. The first kappa shape index (κ1) is 19.5. The van der Waals surface area contributed by atoms with Crippen LogP contribution in [0.2, 0.25) is 0 Å². The molecule has 0 heterocycles. The normalized spacial score (nSPS) is 24.7. The van der Waals surface area contributed by atoms with Crippen LogP contribution in [0.5, 0.6) is 0 Å². The van der Waals surface area contributed by atoms with Gasteiger partial charge >= 0.3 is 5.97 Å². The monoisotopic (exact) mass is 311 g/mol. The van der Waals surface area contributed by atoms with E-state index < -0.39 is 5.97 Å². The molecule has 0 aromatic heterocycles. The molecule has 1 fully saturated rings. The summed E-state index contributed by atoms with van der Waals surface area (Å²) in [5.74, 6) is 0.919. The van der Waals surface area contributed by atoms with Crippen molar-refractivity contribution in [2.24, 2.45) is 17.6 Å². The van der Waals surface area contributed by atoms with Gasteiger partial charge in [-0.1, -0.05) is 64.7 Å². The lowest BCUT2D eigenvalue weighted by molar-refractivity contribution is -0.137. The highest BCUT2D eigenvalue weighted by Crippen LogP contribution is 2.38. The molecule has 0 amide bonds. The largest absolute Gasteiger partial charge is 0.481 e. The van der Waals surface area contributed by atoms with Crippen molar-refractivity contribution in [2.75, 3.05) is 0 Å². The Hall–Kier alpha value is -0.570. The zero-order valence-corrected chi connectivity index (χ0v) is 14.6. The maximum absolute atomic E-state index is 10.5. The van der Waals surface area contributed by atoms with Crippen LogP contribution in [0.15, 0.2) is 0 Å². The fourth-order valence-electron chi connectivity index (χ4n) is 4.01. The van der Waals surface area contributed by atoms with Crippen LogP contribution >= 0.6 is 0 Å². The van der Waals surface area contributed by atoms with Crippen molar-refractivity contribution in [2.45, 2.75) is 103 Å². The van der Waals surface area contributed by atoms with Crippen LogP contribution in [0.3, 0.4) is 0 Å². The Kier molecular flexibility index (Phi) is 10.6. The van der Waals surface area contributed by atoms with E-state index in [4.69, 9.17) is 10.8 Å². The number of carboxylic acids is 1. The number of nitrogens with two attached hydrogens (primary N) is 1. The van der Waals surface area contributed by atoms with Gasteiger partial charge in [-0.05, 0) is 37.5 Å². The summed E-state index contributed by atoms with van der Waals surface area (Å²) in [6.45, 7) is 2.27. The van der Waals surface area contributed by atoms with E-state index in [1.54, 1.807) is 0 Å². The second kappa shape index (κ2) is 11.9. The van der Waals surface area contributed by atoms with Gasteiger partial charge in [0, 0.05) is 12.5 Å². The highest BCUT2D eigenvalue weighted by atomic mass is 16.4. The molecule has 0 aromatic carbocycles. The van der Waals surface area contributed by atoms with Crippen molar-refractivity contribution in [3.63, 3.8) is 0 Å². The Bertz CT molecular complexity index is 293. The minimum absolute atomic E-state index is 0.323. The molecule has 22 heavy (non-hydrogen) atoms. The molecule has 1 aliphatic rings. The number of carboxylic acid groups (broad SMARTS) is 1. The summed E-state index contributed by atoms with van der Waals surface area (Å²) < 4.78 is 0. The van der Waals surface area contributed by atoms with E-state index in [0.29, 0.717) is 12.5 Å². The minimum atomic E-state index is -0.666. The first-order valence-electron chi connectivity index (χ1n) is 9.62. The highest BCUT2D eigenvalue weighted by molar-refractivity contribution is 5.66. The Morgan fingerprint density at radius 1 is 0.955 bits per heavy atom. The molecule has 0 radical (unpaired) electrons. The molecule has 3 N–H and O–H groups in total. The summed E-state index contributed by atoms with van der Waals surface area (Å²) in [6.07, 6.45) is 16.6. The van der Waals surface area contributed by atoms with E-state index >= 15 is 0 Å². The van der Waals surface area contributed by atoms with Crippen molar-refractivity contribution in [1.29, 1.82) is 0 Å². The molecule has 130 valence electrons. The van der Waals surface area contributed by atoms with E-state index in [9.17, 15) is 4.79 Å². The predicted octanol–water partition coefficient (Wildman–Crippen LogP) is 5.13. The van der Waals surface area contributed by atoms with Crippen molar-refractivity contribution in [1.82, 2.24) is 0 Å². The third-order valence-corrected chi connectivity index (χ3v) is 5.38. The molecule has 0 spiro atoms. The van der Waals surface area contributed by atoms with Gasteiger partial charge < -0.3 is 10.8 Å². The van der Waals surface area contributed by atoms with Crippen LogP contribution in [-0.4, -0.2) is 17.1 Å². The Morgan fingerprint density at radius 3 is 2.27 bits per heavy atom. The van der Waals surface area contributed by atoms with Gasteiger partial charge in [0.25, 0.3) is 0 Å². The molecule has 0 saturated heterocycles. The van der Waals surface area contributed by atoms with Gasteiger partial charge in [0.15, 0.2) is 0 Å². The second-order valence-electron chi connectivity index (χ2n) is 7.21. The van der Waals surface area contributed by atoms with Gasteiger partial charge in [-0.2, -0.15) is 0 Å². The number of rotatable bonds is 13. The summed E-state index contributed by atoms with van der Waals surface area (Å²) in [5, 5.41) is 8.63. The molecular weight excluding hydrogens is 274 g/mol. The average molecular weight is 312 g/mol. The molecule has 3 atom stereocenters. The van der Waals surface area contributed by atoms with Gasteiger partial charge in [0.05, 0.1) is 0 Å². The third kappa shape index (κ3) is 8.17. The lowest BCUT2D eigenvalue weighted by atomic mass is 9.85. The number of hydrogen-bond donors (Lipinski definition) is 2. The van der Waals surface area contributed by atoms with Crippen molar-refractivity contribution >= 4 is 5.97 Å². The van der Waals surface area contributed by atoms with Gasteiger partial charge in [-0.15, -0.1) is 0 Å². The van der Waals surface area contributed by atoms with E-state index in [1.165, 1.54) is 70.6 Å². The standard InChI is InChI=1S/C19H37NO2/c1-2-3-4-5-8-11-16-14-15-18(20)17(16)12-9-6-7-10-13-19(21)22/h16-18H,2-15,20H2,1H3,(H,21,22). The molecule has 3 nitrogen and oxygen atoms in total. The zero-order valence-electron chi connectivity index (χ0n) is 14.6. The van der Waals surface area contributed by atoms with E-state index in [2.05, 4.69) is 6.92 Å². The van der Waals surface area contributed by atoms with Crippen LogP contribution < -0.4 is 5.73 Å². The maximum Gasteiger partial charge on any atom is 0.303 e. The average Bonchev–Trinajstić information content (AvgIpc) is 2.83. The number of aliphatic carboxylic acids is 1. The topological polar surface area (TPSA) is 63.3 Å². The number of unbranched alkanes of at least 4 members (excludes halogenated alkanes) is 7. The summed E-state index contributed by atoms with van der Waals surface area (Å²) >= 11 is 0. The summed E-state index contributed by atoms with van der Waals surface area (Å²) in [4.78, 5) is 10.5. The molecule has 3 unspecified atom stereocenters. The molecule has 1 saturated carbocycles. The molecule has 0 aliphatic heterocycles. The first-order valence-corrected chi connectivity index (χ1v) is 9.62. The smallest absolute Gasteiger partial charge is 0.303 e. The van der Waals surface area contributed by atoms with E-state index in [0.717, 1.165) is 24.7 Å². The molecule has 1 aliphatic carbocycles. The predicted molar refractivity (Wildman–Crippen MR) is 92.9 cm³/mol. The van der Waals surface area contributed by atoms with Gasteiger partial charge in [0.2, 0.25) is 0 Å². The zero-order chi connectivity index (χ0) is 16.2. The SMILES string of the molecule is CCCCCCCC1CCC(N)C1CCCCCCC(=O)O. The Morgan fingerprint density at radius 2 is 1.59 bits per heavy atom. The molecule has 0 bridgehead atoms. The van der Waals surface area contributed by atoms with Crippen LogP contribution in [0, 0.1) is 11.8 Å². The minimum Gasteiger partial charge on any atom is -0.481 e. The van der Waals surface area contributed by atoms with Gasteiger partial charge in [0.1, 0.15) is 0 Å². The first-order chi connectivity index (χ1) is 10.6. The van der Waals surface area contributed by atoms with Gasteiger partial charge in [-0.3, -0.25) is 4.79 Å². The number of hydrogen-bond acceptors (Lipinski definition) is 2. The fourth-order valence-corrected chi connectivity index (χ4v) is 4.01. The van der Waals surface area contributed by atoms with E-state index in [-0.39, 0.29) is 0 Å². The van der Waals surface area contributed by atoms with Crippen molar-refractivity contribution < 1.29 is 9.90 Å². The van der Waals surface area contributed by atoms with Crippen LogP contribution in [0.4, 0.5) is 0 Å². The molecule has 1 rings (SSSR count). The quantitative estimate of drug-likeness (QED) is 0.464. The summed E-state index contributed by atoms with van der Waals surface area (Å²) in [6, 6.07) is 0.416. The van der Waals surface area contributed by atoms with Crippen LogP contribution in [0.1, 0.15) is 96.8 Å². The van der Waals surface area contributed by atoms with Gasteiger partial charge in [-0.25, -0.2) is 0 Å². The lowest BCUT2D eigenvalue weighted by Gasteiger charge is -2.23. The molecule has 3 heteroatoms. The van der Waals surface area contributed by atoms with Crippen LogP contribution in [-0.2, 0) is 4.79 Å². The van der Waals surface area contributed by atoms with Crippen molar-refractivity contribution in [3.8, 4) is 0 Å². The van der Waals surface area contributed by atoms with Crippen LogP contribution in [0.25, 0.3) is 0 Å². The summed E-state index contributed by atoms with van der Waals surface area (Å²) in [5.41, 5.74) is 6.32.